The van der Waals surface area contributed by atoms with Crippen LogP contribution in [0.25, 0.3) is 0 Å². The first kappa shape index (κ1) is 22.8. The largest absolute Gasteiger partial charge is 0.493 e. The molecule has 0 aliphatic heterocycles. The first-order valence-corrected chi connectivity index (χ1v) is 12.2. The van der Waals surface area contributed by atoms with Gasteiger partial charge in [0.05, 0.1) is 6.61 Å². The van der Waals surface area contributed by atoms with Gasteiger partial charge in [-0.25, -0.2) is 0 Å². The van der Waals surface area contributed by atoms with Crippen LogP contribution >= 0.6 is 0 Å². The molecule has 172 valence electrons. The first-order valence-electron chi connectivity index (χ1n) is 12.2. The smallest absolute Gasteiger partial charge is 0.253 e. The van der Waals surface area contributed by atoms with Crippen LogP contribution in [0.4, 0.5) is 0 Å². The average Bonchev–Trinajstić information content (AvgIpc) is 3.22. The highest BCUT2D eigenvalue weighted by molar-refractivity contribution is 5.94. The van der Waals surface area contributed by atoms with Crippen LogP contribution in [0.5, 0.6) is 5.75 Å². The molecule has 2 aromatic rings. The third-order valence-corrected chi connectivity index (χ3v) is 7.06. The third kappa shape index (κ3) is 5.53. The normalized spacial score (nSPS) is 22.6. The van der Waals surface area contributed by atoms with Gasteiger partial charge in [0, 0.05) is 25.2 Å². The predicted molar refractivity (Wildman–Crippen MR) is 130 cm³/mol. The maximum Gasteiger partial charge on any atom is 0.253 e. The summed E-state index contributed by atoms with van der Waals surface area (Å²) in [6, 6.07) is 15.1. The molecule has 0 saturated heterocycles. The fraction of sp³-hybridized carbons (Fsp3) is 0.536. The van der Waals surface area contributed by atoms with Gasteiger partial charge in [-0.2, -0.15) is 0 Å². The summed E-state index contributed by atoms with van der Waals surface area (Å²) in [6.45, 7) is 5.69. The number of nitrogens with two attached hydrogens (primary N) is 1. The second kappa shape index (κ2) is 10.1. The molecule has 0 radical (unpaired) electrons. The Labute approximate surface area is 193 Å². The van der Waals surface area contributed by atoms with Crippen molar-refractivity contribution in [3.05, 3.63) is 64.7 Å². The highest BCUT2D eigenvalue weighted by atomic mass is 16.5. The SMILES string of the molecule is CC(C)CN(C)C(=O)c1cccc(OCC2CCc3cc(C4CCC(N)C4)ccc3C2)c1. The zero-order valence-corrected chi connectivity index (χ0v) is 19.8. The van der Waals surface area contributed by atoms with Crippen LogP contribution in [0.15, 0.2) is 42.5 Å². The number of carbonyl (C=O) groups is 1. The van der Waals surface area contributed by atoms with Crippen molar-refractivity contribution in [2.24, 2.45) is 17.6 Å². The number of fused-ring (bicyclic) bond motifs is 1. The molecule has 1 fully saturated rings. The van der Waals surface area contributed by atoms with Gasteiger partial charge in [0.25, 0.3) is 5.91 Å². The van der Waals surface area contributed by atoms with Crippen LogP contribution in [0, 0.1) is 11.8 Å². The maximum atomic E-state index is 12.7. The van der Waals surface area contributed by atoms with E-state index in [1.807, 2.05) is 31.3 Å². The molecule has 1 amide bonds. The number of carbonyl (C=O) groups excluding carboxylic acids is 1. The fourth-order valence-electron chi connectivity index (χ4n) is 5.35. The number of benzene rings is 2. The highest BCUT2D eigenvalue weighted by Gasteiger charge is 2.25. The van der Waals surface area contributed by atoms with E-state index in [1.165, 1.54) is 23.1 Å². The van der Waals surface area contributed by atoms with Crippen LogP contribution in [0.2, 0.25) is 0 Å². The Morgan fingerprint density at radius 2 is 1.97 bits per heavy atom. The minimum atomic E-state index is 0.0507. The first-order chi connectivity index (χ1) is 15.4. The number of hydrogen-bond donors (Lipinski definition) is 1. The van der Waals surface area contributed by atoms with Gasteiger partial charge in [0.15, 0.2) is 0 Å². The number of nitrogens with zero attached hydrogens (tertiary/aromatic N) is 1. The molecule has 32 heavy (non-hydrogen) atoms. The number of ether oxygens (including phenoxy) is 1. The van der Waals surface area contributed by atoms with E-state index in [9.17, 15) is 4.79 Å². The summed E-state index contributed by atoms with van der Waals surface area (Å²) >= 11 is 0. The molecule has 1 saturated carbocycles. The third-order valence-electron chi connectivity index (χ3n) is 7.06. The van der Waals surface area contributed by atoms with Crippen molar-refractivity contribution < 1.29 is 9.53 Å². The van der Waals surface area contributed by atoms with Crippen LogP contribution in [-0.4, -0.2) is 37.0 Å². The van der Waals surface area contributed by atoms with Crippen LogP contribution in [0.1, 0.15) is 72.5 Å². The van der Waals surface area contributed by atoms with Gasteiger partial charge in [-0.3, -0.25) is 4.79 Å². The lowest BCUT2D eigenvalue weighted by Gasteiger charge is -2.26. The van der Waals surface area contributed by atoms with Crippen molar-refractivity contribution >= 4 is 5.91 Å². The molecule has 0 bridgehead atoms. The highest BCUT2D eigenvalue weighted by Crippen LogP contribution is 2.36. The second-order valence-corrected chi connectivity index (χ2v) is 10.3. The Bertz CT molecular complexity index is 939. The van der Waals surface area contributed by atoms with E-state index in [4.69, 9.17) is 10.5 Å². The summed E-state index contributed by atoms with van der Waals surface area (Å²) in [4.78, 5) is 14.5. The molecule has 0 aromatic heterocycles. The molecule has 2 N–H and O–H groups in total. The van der Waals surface area contributed by atoms with Crippen LogP contribution < -0.4 is 10.5 Å². The van der Waals surface area contributed by atoms with Gasteiger partial charge in [0.1, 0.15) is 5.75 Å². The Morgan fingerprint density at radius 1 is 1.12 bits per heavy atom. The quantitative estimate of drug-likeness (QED) is 0.652. The van der Waals surface area contributed by atoms with E-state index in [1.54, 1.807) is 4.90 Å². The maximum absolute atomic E-state index is 12.7. The predicted octanol–water partition coefficient (Wildman–Crippen LogP) is 5.19. The molecule has 2 aliphatic rings. The molecular weight excluding hydrogens is 396 g/mol. The van der Waals surface area contributed by atoms with Gasteiger partial charge < -0.3 is 15.4 Å². The summed E-state index contributed by atoms with van der Waals surface area (Å²) in [6.07, 6.45) is 6.84. The van der Waals surface area contributed by atoms with E-state index in [-0.39, 0.29) is 5.91 Å². The Kier molecular flexibility index (Phi) is 7.20. The van der Waals surface area contributed by atoms with Crippen molar-refractivity contribution in [3.63, 3.8) is 0 Å². The summed E-state index contributed by atoms with van der Waals surface area (Å²) in [5.74, 6) is 2.44. The zero-order chi connectivity index (χ0) is 22.7. The molecule has 4 nitrogen and oxygen atoms in total. The molecule has 4 rings (SSSR count). The van der Waals surface area contributed by atoms with Gasteiger partial charge in [-0.15, -0.1) is 0 Å². The van der Waals surface area contributed by atoms with Gasteiger partial charge >= 0.3 is 0 Å². The fourth-order valence-corrected chi connectivity index (χ4v) is 5.35. The number of rotatable bonds is 7. The Balaban J connectivity index is 1.33. The second-order valence-electron chi connectivity index (χ2n) is 10.3. The summed E-state index contributed by atoms with van der Waals surface area (Å²) in [5.41, 5.74) is 11.3. The zero-order valence-electron chi connectivity index (χ0n) is 19.8. The lowest BCUT2D eigenvalue weighted by Crippen LogP contribution is -2.30. The van der Waals surface area contributed by atoms with E-state index in [0.717, 1.165) is 44.4 Å². The lowest BCUT2D eigenvalue weighted by molar-refractivity contribution is 0.0778. The Hall–Kier alpha value is -2.33. The van der Waals surface area contributed by atoms with E-state index >= 15 is 0 Å². The lowest BCUT2D eigenvalue weighted by atomic mass is 9.82. The number of amides is 1. The van der Waals surface area contributed by atoms with E-state index < -0.39 is 0 Å². The molecular formula is C28H38N2O2. The summed E-state index contributed by atoms with van der Waals surface area (Å²) in [5, 5.41) is 0. The summed E-state index contributed by atoms with van der Waals surface area (Å²) in [7, 11) is 1.86. The van der Waals surface area contributed by atoms with Crippen molar-refractivity contribution in [2.75, 3.05) is 20.2 Å². The van der Waals surface area contributed by atoms with Gasteiger partial charge in [-0.05, 0) is 91.2 Å². The van der Waals surface area contributed by atoms with E-state index in [0.29, 0.717) is 36.0 Å². The number of aryl methyl sites for hydroxylation is 1. The molecule has 0 spiro atoms. The monoisotopic (exact) mass is 434 g/mol. The van der Waals surface area contributed by atoms with Crippen molar-refractivity contribution in [1.82, 2.24) is 4.90 Å². The van der Waals surface area contributed by atoms with Crippen molar-refractivity contribution in [3.8, 4) is 5.75 Å². The Morgan fingerprint density at radius 3 is 2.72 bits per heavy atom. The molecule has 3 unspecified atom stereocenters. The molecule has 2 aromatic carbocycles. The van der Waals surface area contributed by atoms with Gasteiger partial charge in [0.2, 0.25) is 0 Å². The minimum Gasteiger partial charge on any atom is -0.493 e. The molecule has 0 heterocycles. The van der Waals surface area contributed by atoms with Crippen molar-refractivity contribution in [1.29, 1.82) is 0 Å². The summed E-state index contributed by atoms with van der Waals surface area (Å²) < 4.78 is 6.14. The molecule has 3 atom stereocenters. The van der Waals surface area contributed by atoms with Gasteiger partial charge in [-0.1, -0.05) is 38.1 Å². The van der Waals surface area contributed by atoms with E-state index in [2.05, 4.69) is 32.0 Å². The minimum absolute atomic E-state index is 0.0507. The average molecular weight is 435 g/mol. The van der Waals surface area contributed by atoms with Crippen molar-refractivity contribution in [2.45, 2.75) is 64.3 Å². The van der Waals surface area contributed by atoms with Crippen LogP contribution in [-0.2, 0) is 12.8 Å². The standard InChI is InChI=1S/C28H38N2O2/c1-19(2)17-30(3)28(31)25-5-4-6-27(16-25)32-18-20-7-8-22-14-23(10-9-21(22)13-20)24-11-12-26(29)15-24/h4-6,9-10,14,16,19-20,24,26H,7-8,11-13,15,17-18,29H2,1-3H3. The van der Waals surface area contributed by atoms with Crippen LogP contribution in [0.3, 0.4) is 0 Å². The molecule has 4 heteroatoms. The topological polar surface area (TPSA) is 55.6 Å². The molecule has 2 aliphatic carbocycles. The number of hydrogen-bond acceptors (Lipinski definition) is 3.